The molecule has 0 atom stereocenters. The van der Waals surface area contributed by atoms with Crippen LogP contribution in [0.2, 0.25) is 5.02 Å². The fourth-order valence-electron chi connectivity index (χ4n) is 1.87. The lowest BCUT2D eigenvalue weighted by Gasteiger charge is -2.09. The van der Waals surface area contributed by atoms with Gasteiger partial charge in [-0.2, -0.15) is 0 Å². The molecule has 21 heavy (non-hydrogen) atoms. The van der Waals surface area contributed by atoms with Gasteiger partial charge in [0.1, 0.15) is 0 Å². The number of ether oxygens (including phenoxy) is 1. The SMILES string of the molecule is COC(=O)c1ccc(NCc2ccc(CO)cc2)cc1Cl. The predicted octanol–water partition coefficient (Wildman–Crippen LogP) is 3.23. The minimum Gasteiger partial charge on any atom is -0.465 e. The lowest BCUT2D eigenvalue weighted by molar-refractivity contribution is 0.0601. The summed E-state index contributed by atoms with van der Waals surface area (Å²) in [5.74, 6) is -0.453. The summed E-state index contributed by atoms with van der Waals surface area (Å²) < 4.78 is 4.64. The molecule has 0 spiro atoms. The largest absolute Gasteiger partial charge is 0.465 e. The van der Waals surface area contributed by atoms with Crippen molar-refractivity contribution in [3.63, 3.8) is 0 Å². The first-order valence-electron chi connectivity index (χ1n) is 6.44. The van der Waals surface area contributed by atoms with Crippen LogP contribution >= 0.6 is 11.6 Å². The average molecular weight is 306 g/mol. The van der Waals surface area contributed by atoms with Crippen LogP contribution in [0.1, 0.15) is 21.5 Å². The molecule has 0 aliphatic carbocycles. The fraction of sp³-hybridized carbons (Fsp3) is 0.188. The molecular weight excluding hydrogens is 290 g/mol. The molecule has 0 bridgehead atoms. The minimum atomic E-state index is -0.453. The van der Waals surface area contributed by atoms with Crippen LogP contribution in [0, 0.1) is 0 Å². The summed E-state index contributed by atoms with van der Waals surface area (Å²) in [5.41, 5.74) is 3.13. The molecule has 0 aliphatic heterocycles. The molecule has 0 saturated heterocycles. The zero-order valence-corrected chi connectivity index (χ0v) is 12.4. The van der Waals surface area contributed by atoms with E-state index in [1.54, 1.807) is 18.2 Å². The number of benzene rings is 2. The van der Waals surface area contributed by atoms with E-state index >= 15 is 0 Å². The van der Waals surface area contributed by atoms with Gasteiger partial charge in [-0.05, 0) is 29.3 Å². The number of halogens is 1. The maximum Gasteiger partial charge on any atom is 0.339 e. The van der Waals surface area contributed by atoms with Gasteiger partial charge in [0.15, 0.2) is 0 Å². The van der Waals surface area contributed by atoms with Gasteiger partial charge in [0, 0.05) is 12.2 Å². The summed E-state index contributed by atoms with van der Waals surface area (Å²) in [6.07, 6.45) is 0. The third-order valence-electron chi connectivity index (χ3n) is 3.08. The first-order valence-corrected chi connectivity index (χ1v) is 6.82. The summed E-state index contributed by atoms with van der Waals surface area (Å²) in [4.78, 5) is 11.4. The zero-order chi connectivity index (χ0) is 15.2. The molecule has 2 rings (SSSR count). The third-order valence-corrected chi connectivity index (χ3v) is 3.39. The Bertz CT molecular complexity index is 626. The second-order valence-electron chi connectivity index (χ2n) is 4.51. The highest BCUT2D eigenvalue weighted by molar-refractivity contribution is 6.33. The molecule has 0 radical (unpaired) electrons. The Balaban J connectivity index is 2.03. The first-order chi connectivity index (χ1) is 10.1. The summed E-state index contributed by atoms with van der Waals surface area (Å²) in [7, 11) is 1.32. The number of carbonyl (C=O) groups is 1. The molecule has 2 aromatic rings. The second kappa shape index (κ2) is 7.11. The van der Waals surface area contributed by atoms with Crippen LogP contribution in [0.15, 0.2) is 42.5 Å². The number of methoxy groups -OCH3 is 1. The van der Waals surface area contributed by atoms with Gasteiger partial charge in [-0.15, -0.1) is 0 Å². The fourth-order valence-corrected chi connectivity index (χ4v) is 2.12. The van der Waals surface area contributed by atoms with E-state index in [-0.39, 0.29) is 6.61 Å². The van der Waals surface area contributed by atoms with Crippen molar-refractivity contribution in [2.75, 3.05) is 12.4 Å². The van der Waals surface area contributed by atoms with Crippen molar-refractivity contribution in [3.05, 3.63) is 64.2 Å². The van der Waals surface area contributed by atoms with Crippen LogP contribution in [-0.4, -0.2) is 18.2 Å². The predicted molar refractivity (Wildman–Crippen MR) is 82.5 cm³/mol. The van der Waals surface area contributed by atoms with E-state index in [1.165, 1.54) is 7.11 Å². The van der Waals surface area contributed by atoms with E-state index in [2.05, 4.69) is 10.1 Å². The van der Waals surface area contributed by atoms with E-state index in [1.807, 2.05) is 24.3 Å². The van der Waals surface area contributed by atoms with Crippen molar-refractivity contribution in [2.24, 2.45) is 0 Å². The second-order valence-corrected chi connectivity index (χ2v) is 4.92. The molecule has 0 unspecified atom stereocenters. The third kappa shape index (κ3) is 3.97. The van der Waals surface area contributed by atoms with Gasteiger partial charge in [0.2, 0.25) is 0 Å². The lowest BCUT2D eigenvalue weighted by Crippen LogP contribution is -2.04. The first kappa shape index (κ1) is 15.4. The number of aliphatic hydroxyl groups excluding tert-OH is 1. The van der Waals surface area contributed by atoms with E-state index in [4.69, 9.17) is 16.7 Å². The molecular formula is C16H16ClNO3. The smallest absolute Gasteiger partial charge is 0.339 e. The van der Waals surface area contributed by atoms with E-state index in [0.717, 1.165) is 16.8 Å². The number of aliphatic hydroxyl groups is 1. The van der Waals surface area contributed by atoms with Gasteiger partial charge in [-0.25, -0.2) is 4.79 Å². The van der Waals surface area contributed by atoms with Gasteiger partial charge in [-0.3, -0.25) is 0 Å². The molecule has 0 saturated carbocycles. The van der Waals surface area contributed by atoms with Crippen molar-refractivity contribution in [1.82, 2.24) is 0 Å². The number of rotatable bonds is 5. The Kier molecular flexibility index (Phi) is 5.20. The van der Waals surface area contributed by atoms with Gasteiger partial charge in [0.05, 0.1) is 24.3 Å². The van der Waals surface area contributed by atoms with Crippen LogP contribution in [0.25, 0.3) is 0 Å². The highest BCUT2D eigenvalue weighted by atomic mass is 35.5. The van der Waals surface area contributed by atoms with E-state index in [0.29, 0.717) is 17.1 Å². The van der Waals surface area contributed by atoms with Gasteiger partial charge >= 0.3 is 5.97 Å². The van der Waals surface area contributed by atoms with Crippen molar-refractivity contribution >= 4 is 23.3 Å². The number of hydrogen-bond donors (Lipinski definition) is 2. The Morgan fingerprint density at radius 2 is 1.86 bits per heavy atom. The van der Waals surface area contributed by atoms with Crippen molar-refractivity contribution in [2.45, 2.75) is 13.2 Å². The summed E-state index contributed by atoms with van der Waals surface area (Å²) >= 11 is 6.06. The summed E-state index contributed by atoms with van der Waals surface area (Å²) in [6.45, 7) is 0.665. The van der Waals surface area contributed by atoms with Gasteiger partial charge in [0.25, 0.3) is 0 Å². The van der Waals surface area contributed by atoms with Crippen LogP contribution in [0.5, 0.6) is 0 Å². The quantitative estimate of drug-likeness (QED) is 0.833. The van der Waals surface area contributed by atoms with Crippen molar-refractivity contribution < 1.29 is 14.6 Å². The topological polar surface area (TPSA) is 58.6 Å². The van der Waals surface area contributed by atoms with Crippen LogP contribution in [0.3, 0.4) is 0 Å². The van der Waals surface area contributed by atoms with E-state index in [9.17, 15) is 4.79 Å². The Hall–Kier alpha value is -2.04. The zero-order valence-electron chi connectivity index (χ0n) is 11.6. The average Bonchev–Trinajstić information content (AvgIpc) is 2.52. The molecule has 0 heterocycles. The van der Waals surface area contributed by atoms with Gasteiger partial charge in [-0.1, -0.05) is 35.9 Å². The van der Waals surface area contributed by atoms with Crippen LogP contribution in [0.4, 0.5) is 5.69 Å². The molecule has 2 aromatic carbocycles. The molecule has 0 aromatic heterocycles. The number of esters is 1. The Morgan fingerprint density at radius 3 is 2.43 bits per heavy atom. The maximum absolute atomic E-state index is 11.4. The molecule has 5 heteroatoms. The highest BCUT2D eigenvalue weighted by Gasteiger charge is 2.10. The van der Waals surface area contributed by atoms with Gasteiger partial charge < -0.3 is 15.2 Å². The standard InChI is InChI=1S/C16H16ClNO3/c1-21-16(20)14-7-6-13(8-15(14)17)18-9-11-2-4-12(10-19)5-3-11/h2-8,18-19H,9-10H2,1H3. The highest BCUT2D eigenvalue weighted by Crippen LogP contribution is 2.22. The Labute approximate surface area is 128 Å². The van der Waals surface area contributed by atoms with Crippen LogP contribution in [-0.2, 0) is 17.9 Å². The number of hydrogen-bond acceptors (Lipinski definition) is 4. The van der Waals surface area contributed by atoms with Crippen LogP contribution < -0.4 is 5.32 Å². The molecule has 0 amide bonds. The molecule has 0 fully saturated rings. The molecule has 4 nitrogen and oxygen atoms in total. The molecule has 0 aliphatic rings. The number of nitrogens with one attached hydrogen (secondary N) is 1. The molecule has 110 valence electrons. The lowest BCUT2D eigenvalue weighted by atomic mass is 10.1. The van der Waals surface area contributed by atoms with Crippen molar-refractivity contribution in [3.8, 4) is 0 Å². The minimum absolute atomic E-state index is 0.0400. The normalized spacial score (nSPS) is 10.2. The number of anilines is 1. The number of carbonyl (C=O) groups excluding carboxylic acids is 1. The maximum atomic E-state index is 11.4. The monoisotopic (exact) mass is 305 g/mol. The van der Waals surface area contributed by atoms with Crippen molar-refractivity contribution in [1.29, 1.82) is 0 Å². The summed E-state index contributed by atoms with van der Waals surface area (Å²) in [5, 5.41) is 12.6. The Morgan fingerprint density at radius 1 is 1.19 bits per heavy atom. The summed E-state index contributed by atoms with van der Waals surface area (Å²) in [6, 6.07) is 12.8. The molecule has 2 N–H and O–H groups in total. The van der Waals surface area contributed by atoms with E-state index < -0.39 is 5.97 Å².